The monoisotopic (exact) mass is 406 g/mol. The molecule has 0 aliphatic carbocycles. The van der Waals surface area contributed by atoms with Crippen LogP contribution in [0.2, 0.25) is 0 Å². The SMILES string of the molecule is CCOC(=O)C(CCc1nc2cc([N+](=O)[O-])ccc2n1C)NC(=O)OC(C)(C)C. The molecule has 0 radical (unpaired) electrons. The minimum atomic E-state index is -0.904. The van der Waals surface area contributed by atoms with Gasteiger partial charge in [-0.3, -0.25) is 10.1 Å². The molecule has 29 heavy (non-hydrogen) atoms. The second-order valence-electron chi connectivity index (χ2n) is 7.51. The number of carbonyl (C=O) groups excluding carboxylic acids is 2. The molecule has 1 heterocycles. The summed E-state index contributed by atoms with van der Waals surface area (Å²) >= 11 is 0. The lowest BCUT2D eigenvalue weighted by Crippen LogP contribution is -2.44. The number of hydrogen-bond donors (Lipinski definition) is 1. The van der Waals surface area contributed by atoms with Crippen molar-refractivity contribution in [1.29, 1.82) is 0 Å². The highest BCUT2D eigenvalue weighted by molar-refractivity contribution is 5.81. The molecule has 1 atom stereocenters. The highest BCUT2D eigenvalue weighted by Gasteiger charge is 2.26. The minimum Gasteiger partial charge on any atom is -0.464 e. The average Bonchev–Trinajstić information content (AvgIpc) is 2.92. The molecule has 1 unspecified atom stereocenters. The zero-order chi connectivity index (χ0) is 21.8. The number of imidazole rings is 1. The molecule has 0 saturated heterocycles. The molecule has 0 saturated carbocycles. The summed E-state index contributed by atoms with van der Waals surface area (Å²) in [6.45, 7) is 7.04. The van der Waals surface area contributed by atoms with Crippen LogP contribution in [0.5, 0.6) is 0 Å². The van der Waals surface area contributed by atoms with E-state index in [-0.39, 0.29) is 18.7 Å². The molecule has 158 valence electrons. The maximum atomic E-state index is 12.2. The molecule has 1 aromatic carbocycles. The highest BCUT2D eigenvalue weighted by Crippen LogP contribution is 2.22. The largest absolute Gasteiger partial charge is 0.464 e. The number of ether oxygens (including phenoxy) is 2. The molecule has 10 nitrogen and oxygen atoms in total. The van der Waals surface area contributed by atoms with Crippen molar-refractivity contribution in [2.24, 2.45) is 7.05 Å². The van der Waals surface area contributed by atoms with E-state index in [9.17, 15) is 19.7 Å². The number of nitrogens with one attached hydrogen (secondary N) is 1. The molecule has 0 aliphatic rings. The van der Waals surface area contributed by atoms with E-state index in [1.165, 1.54) is 12.1 Å². The van der Waals surface area contributed by atoms with Crippen molar-refractivity contribution < 1.29 is 24.0 Å². The minimum absolute atomic E-state index is 0.0434. The van der Waals surface area contributed by atoms with Crippen LogP contribution in [0, 0.1) is 10.1 Å². The van der Waals surface area contributed by atoms with Crippen LogP contribution in [-0.4, -0.2) is 44.8 Å². The van der Waals surface area contributed by atoms with Gasteiger partial charge in [-0.2, -0.15) is 0 Å². The van der Waals surface area contributed by atoms with E-state index >= 15 is 0 Å². The number of amides is 1. The number of benzene rings is 1. The standard InChI is InChI=1S/C19H26N4O6/c1-6-28-17(24)13(21-18(25)29-19(2,3)4)8-10-16-20-14-11-12(23(26)27)7-9-15(14)22(16)5/h7,9,11,13H,6,8,10H2,1-5H3,(H,21,25). The van der Waals surface area contributed by atoms with Gasteiger partial charge in [0.15, 0.2) is 0 Å². The van der Waals surface area contributed by atoms with Crippen molar-refractivity contribution in [2.45, 2.75) is 52.2 Å². The lowest BCUT2D eigenvalue weighted by atomic mass is 10.1. The summed E-state index contributed by atoms with van der Waals surface area (Å²) in [5.41, 5.74) is 0.482. The Bertz CT molecular complexity index is 915. The predicted octanol–water partition coefficient (Wildman–Crippen LogP) is 2.87. The number of aryl methyl sites for hydroxylation is 2. The third kappa shape index (κ3) is 5.90. The Kier molecular flexibility index (Phi) is 6.78. The van der Waals surface area contributed by atoms with Crippen molar-refractivity contribution in [3.63, 3.8) is 0 Å². The molecule has 10 heteroatoms. The maximum Gasteiger partial charge on any atom is 0.408 e. The van der Waals surface area contributed by atoms with E-state index in [1.807, 2.05) is 0 Å². The molecule has 2 rings (SSSR count). The van der Waals surface area contributed by atoms with E-state index in [1.54, 1.807) is 45.4 Å². The summed E-state index contributed by atoms with van der Waals surface area (Å²) < 4.78 is 12.1. The number of alkyl carbamates (subject to hydrolysis) is 1. The number of nitro groups is 1. The van der Waals surface area contributed by atoms with Crippen LogP contribution in [0.4, 0.5) is 10.5 Å². The Labute approximate surface area is 168 Å². The Hall–Kier alpha value is -3.17. The number of esters is 1. The third-order valence-electron chi connectivity index (χ3n) is 4.09. The Morgan fingerprint density at radius 1 is 1.34 bits per heavy atom. The molecule has 0 aliphatic heterocycles. The fraction of sp³-hybridized carbons (Fsp3) is 0.526. The highest BCUT2D eigenvalue weighted by atomic mass is 16.6. The molecule has 1 amide bonds. The zero-order valence-corrected chi connectivity index (χ0v) is 17.2. The van der Waals surface area contributed by atoms with Crippen LogP contribution in [0.1, 0.15) is 39.9 Å². The van der Waals surface area contributed by atoms with E-state index in [0.29, 0.717) is 17.8 Å². The Morgan fingerprint density at radius 3 is 2.62 bits per heavy atom. The van der Waals surface area contributed by atoms with Gasteiger partial charge in [0, 0.05) is 25.6 Å². The van der Waals surface area contributed by atoms with E-state index in [0.717, 1.165) is 5.52 Å². The molecule has 1 N–H and O–H groups in total. The summed E-state index contributed by atoms with van der Waals surface area (Å²) in [5.74, 6) is 0.0635. The van der Waals surface area contributed by atoms with Gasteiger partial charge in [-0.1, -0.05) is 0 Å². The van der Waals surface area contributed by atoms with E-state index in [2.05, 4.69) is 10.3 Å². The fourth-order valence-corrected chi connectivity index (χ4v) is 2.79. The predicted molar refractivity (Wildman–Crippen MR) is 105 cm³/mol. The normalized spacial score (nSPS) is 12.4. The summed E-state index contributed by atoms with van der Waals surface area (Å²) in [7, 11) is 1.79. The number of nitro benzene ring substituents is 1. The summed E-state index contributed by atoms with van der Waals surface area (Å²) in [5, 5.41) is 13.5. The van der Waals surface area contributed by atoms with Gasteiger partial charge in [-0.15, -0.1) is 0 Å². The molecule has 0 spiro atoms. The summed E-state index contributed by atoms with van der Waals surface area (Å²) in [6.07, 6.45) is -0.133. The average molecular weight is 406 g/mol. The Balaban J connectivity index is 2.17. The first-order valence-electron chi connectivity index (χ1n) is 9.27. The molecule has 0 fully saturated rings. The van der Waals surface area contributed by atoms with Gasteiger partial charge in [0.2, 0.25) is 0 Å². The van der Waals surface area contributed by atoms with Gasteiger partial charge in [0.1, 0.15) is 17.5 Å². The first kappa shape index (κ1) is 22.1. The second-order valence-corrected chi connectivity index (χ2v) is 7.51. The summed E-state index contributed by atoms with van der Waals surface area (Å²) in [6, 6.07) is 3.55. The molecule has 0 bridgehead atoms. The van der Waals surface area contributed by atoms with Gasteiger partial charge < -0.3 is 19.4 Å². The number of fused-ring (bicyclic) bond motifs is 1. The number of non-ortho nitro benzene ring substituents is 1. The van der Waals surface area contributed by atoms with Crippen LogP contribution in [-0.2, 0) is 27.7 Å². The number of carbonyl (C=O) groups is 2. The molecule has 2 aromatic rings. The Morgan fingerprint density at radius 2 is 2.03 bits per heavy atom. The van der Waals surface area contributed by atoms with Gasteiger partial charge in [0.05, 0.1) is 22.6 Å². The van der Waals surface area contributed by atoms with Crippen LogP contribution in [0.15, 0.2) is 18.2 Å². The maximum absolute atomic E-state index is 12.2. The first-order chi connectivity index (χ1) is 13.5. The quantitative estimate of drug-likeness (QED) is 0.426. The van der Waals surface area contributed by atoms with Crippen molar-refractivity contribution in [3.8, 4) is 0 Å². The smallest absolute Gasteiger partial charge is 0.408 e. The topological polar surface area (TPSA) is 126 Å². The lowest BCUT2D eigenvalue weighted by molar-refractivity contribution is -0.384. The number of hydrogen-bond acceptors (Lipinski definition) is 7. The lowest BCUT2D eigenvalue weighted by Gasteiger charge is -2.22. The molecular weight excluding hydrogens is 380 g/mol. The number of nitrogens with zero attached hydrogens (tertiary/aromatic N) is 3. The van der Waals surface area contributed by atoms with Gasteiger partial charge >= 0.3 is 12.1 Å². The van der Waals surface area contributed by atoms with Crippen LogP contribution < -0.4 is 5.32 Å². The second kappa shape index (κ2) is 8.89. The van der Waals surface area contributed by atoms with Crippen LogP contribution >= 0.6 is 0 Å². The fourth-order valence-electron chi connectivity index (χ4n) is 2.79. The van der Waals surface area contributed by atoms with Crippen LogP contribution in [0.25, 0.3) is 11.0 Å². The van der Waals surface area contributed by atoms with E-state index < -0.39 is 28.6 Å². The first-order valence-corrected chi connectivity index (χ1v) is 9.27. The van der Waals surface area contributed by atoms with E-state index in [4.69, 9.17) is 9.47 Å². The zero-order valence-electron chi connectivity index (χ0n) is 17.2. The van der Waals surface area contributed by atoms with Crippen LogP contribution in [0.3, 0.4) is 0 Å². The number of rotatable bonds is 7. The van der Waals surface area contributed by atoms with Crippen molar-refractivity contribution in [2.75, 3.05) is 6.61 Å². The molecule has 1 aromatic heterocycles. The molecular formula is C19H26N4O6. The van der Waals surface area contributed by atoms with Crippen molar-refractivity contribution in [1.82, 2.24) is 14.9 Å². The van der Waals surface area contributed by atoms with Gasteiger partial charge in [-0.25, -0.2) is 14.6 Å². The van der Waals surface area contributed by atoms with Crippen molar-refractivity contribution >= 4 is 28.8 Å². The van der Waals surface area contributed by atoms with Crippen molar-refractivity contribution in [3.05, 3.63) is 34.1 Å². The van der Waals surface area contributed by atoms with Gasteiger partial charge in [0.25, 0.3) is 5.69 Å². The third-order valence-corrected chi connectivity index (χ3v) is 4.09. The number of aromatic nitrogens is 2. The summed E-state index contributed by atoms with van der Waals surface area (Å²) in [4.78, 5) is 39.2. The van der Waals surface area contributed by atoms with Gasteiger partial charge in [-0.05, 0) is 40.2 Å².